The van der Waals surface area contributed by atoms with Crippen LogP contribution in [0.15, 0.2) is 24.3 Å². The van der Waals surface area contributed by atoms with Crippen LogP contribution in [0.4, 0.5) is 4.79 Å². The predicted octanol–water partition coefficient (Wildman–Crippen LogP) is 2.78. The number of hydrogen-bond acceptors (Lipinski definition) is 2. The van der Waals surface area contributed by atoms with Gasteiger partial charge in [0.25, 0.3) is 0 Å². The monoisotopic (exact) mass is 262 g/mol. The second kappa shape index (κ2) is 5.95. The second-order valence-electron chi connectivity index (χ2n) is 5.05. The summed E-state index contributed by atoms with van der Waals surface area (Å²) in [5.41, 5.74) is 0.988. The average Bonchev–Trinajstić information content (AvgIpc) is 3.20. The van der Waals surface area contributed by atoms with Gasteiger partial charge in [0.15, 0.2) is 0 Å². The molecule has 1 aliphatic rings. The molecule has 1 fully saturated rings. The first-order valence-corrected chi connectivity index (χ1v) is 6.91. The number of carbonyl (C=O) groups excluding carboxylic acids is 1. The summed E-state index contributed by atoms with van der Waals surface area (Å²) < 4.78 is 5.15. The molecule has 0 aliphatic heterocycles. The number of benzene rings is 1. The minimum absolute atomic E-state index is 0.0678. The average molecular weight is 262 g/mol. The first-order chi connectivity index (χ1) is 9.20. The molecule has 4 heteroatoms. The van der Waals surface area contributed by atoms with Crippen molar-refractivity contribution in [1.82, 2.24) is 10.6 Å². The number of hydrogen-bond donors (Lipinski definition) is 2. The number of unbranched alkanes of at least 4 members (excludes halogenated alkanes) is 1. The lowest BCUT2D eigenvalue weighted by molar-refractivity contribution is 0.235. The van der Waals surface area contributed by atoms with Crippen LogP contribution in [0.1, 0.15) is 38.2 Å². The Bertz CT molecular complexity index is 424. The van der Waals surface area contributed by atoms with Crippen LogP contribution in [0.3, 0.4) is 0 Å². The van der Waals surface area contributed by atoms with Crippen molar-refractivity contribution in [2.45, 2.75) is 38.1 Å². The van der Waals surface area contributed by atoms with E-state index in [2.05, 4.69) is 17.6 Å². The van der Waals surface area contributed by atoms with Gasteiger partial charge in [-0.1, -0.05) is 25.5 Å². The minimum atomic E-state index is -0.164. The fourth-order valence-electron chi connectivity index (χ4n) is 2.16. The summed E-state index contributed by atoms with van der Waals surface area (Å²) in [6.07, 6.45) is 4.11. The van der Waals surface area contributed by atoms with Crippen LogP contribution in [-0.4, -0.2) is 19.7 Å². The molecule has 0 aromatic heterocycles. The van der Waals surface area contributed by atoms with Crippen LogP contribution in [0.25, 0.3) is 0 Å². The van der Waals surface area contributed by atoms with Gasteiger partial charge in [0.2, 0.25) is 0 Å². The summed E-state index contributed by atoms with van der Waals surface area (Å²) in [7, 11) is 1.65. The summed E-state index contributed by atoms with van der Waals surface area (Å²) in [6.45, 7) is 2.85. The Balaban J connectivity index is 1.92. The Hall–Kier alpha value is -1.71. The van der Waals surface area contributed by atoms with Gasteiger partial charge in [0, 0.05) is 6.54 Å². The summed E-state index contributed by atoms with van der Waals surface area (Å²) in [5.74, 6) is 0.840. The van der Waals surface area contributed by atoms with E-state index in [9.17, 15) is 4.79 Å². The molecule has 1 aromatic carbocycles. The van der Waals surface area contributed by atoms with E-state index in [0.717, 1.165) is 43.5 Å². The highest BCUT2D eigenvalue weighted by molar-refractivity contribution is 5.75. The third-order valence-corrected chi connectivity index (χ3v) is 3.56. The molecule has 0 heterocycles. The lowest BCUT2D eigenvalue weighted by Crippen LogP contribution is -2.42. The van der Waals surface area contributed by atoms with Crippen LogP contribution in [0.2, 0.25) is 0 Å². The van der Waals surface area contributed by atoms with Gasteiger partial charge in [0.1, 0.15) is 5.75 Å². The van der Waals surface area contributed by atoms with Crippen molar-refractivity contribution in [2.75, 3.05) is 13.7 Å². The van der Waals surface area contributed by atoms with Crippen LogP contribution in [0.5, 0.6) is 5.75 Å². The normalized spacial score (nSPS) is 15.7. The van der Waals surface area contributed by atoms with Gasteiger partial charge in [-0.15, -0.1) is 0 Å². The number of urea groups is 1. The molecule has 1 saturated carbocycles. The van der Waals surface area contributed by atoms with Gasteiger partial charge in [-0.05, 0) is 37.0 Å². The largest absolute Gasteiger partial charge is 0.497 e. The fourth-order valence-corrected chi connectivity index (χ4v) is 2.16. The second-order valence-corrected chi connectivity index (χ2v) is 5.05. The molecule has 4 nitrogen and oxygen atoms in total. The maximum absolute atomic E-state index is 11.8. The molecule has 2 N–H and O–H groups in total. The third-order valence-electron chi connectivity index (χ3n) is 3.56. The highest BCUT2D eigenvalue weighted by atomic mass is 16.5. The molecule has 19 heavy (non-hydrogen) atoms. The molecular weight excluding hydrogens is 240 g/mol. The van der Waals surface area contributed by atoms with Crippen molar-refractivity contribution < 1.29 is 9.53 Å². The van der Waals surface area contributed by atoms with Crippen LogP contribution >= 0.6 is 0 Å². The Morgan fingerprint density at radius 3 is 2.53 bits per heavy atom. The first-order valence-electron chi connectivity index (χ1n) is 6.91. The van der Waals surface area contributed by atoms with E-state index in [0.29, 0.717) is 0 Å². The fraction of sp³-hybridized carbons (Fsp3) is 0.533. The number of methoxy groups -OCH3 is 1. The summed E-state index contributed by atoms with van der Waals surface area (Å²) in [5, 5.41) is 5.99. The standard InChI is InChI=1S/C15H22N2O2/c1-3-4-11-16-14(18)17-15(9-10-15)12-5-7-13(19-2)8-6-12/h5-8H,3-4,9-11H2,1-2H3,(H2,16,17,18). The van der Waals surface area contributed by atoms with Gasteiger partial charge in [-0.2, -0.15) is 0 Å². The highest BCUT2D eigenvalue weighted by Crippen LogP contribution is 2.45. The maximum atomic E-state index is 11.8. The van der Waals surface area contributed by atoms with Gasteiger partial charge in [0.05, 0.1) is 12.6 Å². The molecule has 2 rings (SSSR count). The Morgan fingerprint density at radius 1 is 1.32 bits per heavy atom. The van der Waals surface area contributed by atoms with E-state index < -0.39 is 0 Å². The summed E-state index contributed by atoms with van der Waals surface area (Å²) in [6, 6.07) is 7.86. The molecule has 0 radical (unpaired) electrons. The topological polar surface area (TPSA) is 50.4 Å². The van der Waals surface area contributed by atoms with Gasteiger partial charge in [-0.25, -0.2) is 4.79 Å². The number of rotatable bonds is 6. The number of carbonyl (C=O) groups is 1. The van der Waals surface area contributed by atoms with Crippen molar-refractivity contribution in [1.29, 1.82) is 0 Å². The quantitative estimate of drug-likeness (QED) is 0.774. The molecule has 0 atom stereocenters. The molecule has 0 saturated heterocycles. The highest BCUT2D eigenvalue weighted by Gasteiger charge is 2.45. The van der Waals surface area contributed by atoms with Crippen molar-refractivity contribution >= 4 is 6.03 Å². The molecule has 0 bridgehead atoms. The predicted molar refractivity (Wildman–Crippen MR) is 75.3 cm³/mol. The Kier molecular flexibility index (Phi) is 4.30. The number of nitrogens with one attached hydrogen (secondary N) is 2. The zero-order valence-electron chi connectivity index (χ0n) is 11.7. The van der Waals surface area contributed by atoms with Crippen LogP contribution in [-0.2, 0) is 5.54 Å². The van der Waals surface area contributed by atoms with E-state index >= 15 is 0 Å². The van der Waals surface area contributed by atoms with E-state index in [1.54, 1.807) is 7.11 Å². The zero-order chi connectivity index (χ0) is 13.7. The lowest BCUT2D eigenvalue weighted by Gasteiger charge is -2.18. The summed E-state index contributed by atoms with van der Waals surface area (Å²) >= 11 is 0. The Labute approximate surface area is 114 Å². The summed E-state index contributed by atoms with van der Waals surface area (Å²) in [4.78, 5) is 11.8. The van der Waals surface area contributed by atoms with Crippen molar-refractivity contribution in [3.8, 4) is 5.75 Å². The molecular formula is C15H22N2O2. The SMILES string of the molecule is CCCCNC(=O)NC1(c2ccc(OC)cc2)CC1. The van der Waals surface area contributed by atoms with Crippen LogP contribution < -0.4 is 15.4 Å². The molecule has 0 unspecified atom stereocenters. The number of ether oxygens (including phenoxy) is 1. The van der Waals surface area contributed by atoms with Crippen molar-refractivity contribution in [3.05, 3.63) is 29.8 Å². The lowest BCUT2D eigenvalue weighted by atomic mass is 10.1. The zero-order valence-corrected chi connectivity index (χ0v) is 11.7. The van der Waals surface area contributed by atoms with Gasteiger partial charge < -0.3 is 15.4 Å². The van der Waals surface area contributed by atoms with Gasteiger partial charge >= 0.3 is 6.03 Å². The van der Waals surface area contributed by atoms with Crippen molar-refractivity contribution in [3.63, 3.8) is 0 Å². The molecule has 1 aliphatic carbocycles. The molecule has 1 aromatic rings. The molecule has 0 spiro atoms. The van der Waals surface area contributed by atoms with E-state index in [-0.39, 0.29) is 11.6 Å². The third kappa shape index (κ3) is 3.40. The van der Waals surface area contributed by atoms with E-state index in [1.165, 1.54) is 0 Å². The minimum Gasteiger partial charge on any atom is -0.497 e. The molecule has 104 valence electrons. The van der Waals surface area contributed by atoms with Crippen LogP contribution in [0, 0.1) is 0 Å². The van der Waals surface area contributed by atoms with E-state index in [4.69, 9.17) is 4.74 Å². The number of amides is 2. The van der Waals surface area contributed by atoms with E-state index in [1.807, 2.05) is 24.3 Å². The Morgan fingerprint density at radius 2 is 2.00 bits per heavy atom. The van der Waals surface area contributed by atoms with Crippen molar-refractivity contribution in [2.24, 2.45) is 0 Å². The first kappa shape index (κ1) is 13.7. The van der Waals surface area contributed by atoms with Gasteiger partial charge in [-0.3, -0.25) is 0 Å². The molecule has 2 amide bonds. The smallest absolute Gasteiger partial charge is 0.315 e. The maximum Gasteiger partial charge on any atom is 0.315 e.